The fourth-order valence-electron chi connectivity index (χ4n) is 1.71. The monoisotopic (exact) mass is 314 g/mol. The van der Waals surface area contributed by atoms with Gasteiger partial charge in [-0.1, -0.05) is 66.8 Å². The van der Waals surface area contributed by atoms with Crippen molar-refractivity contribution in [3.8, 4) is 11.1 Å². The van der Waals surface area contributed by atoms with E-state index in [9.17, 15) is 0 Å². The Hall–Kier alpha value is -0.830. The Morgan fingerprint density at radius 2 is 1.63 bits per heavy atom. The summed E-state index contributed by atoms with van der Waals surface area (Å²) in [5.74, 6) is 0.878. The van der Waals surface area contributed by atoms with Crippen molar-refractivity contribution in [3.63, 3.8) is 0 Å². The van der Waals surface area contributed by atoms with Crippen LogP contribution in [0.4, 0.5) is 0 Å². The molecule has 0 bridgehead atoms. The molecule has 5 heteroatoms. The van der Waals surface area contributed by atoms with Crippen LogP contribution in [0.5, 0.6) is 0 Å². The fourth-order valence-corrected chi connectivity index (χ4v) is 2.55. The van der Waals surface area contributed by atoms with Gasteiger partial charge in [-0.15, -0.1) is 0 Å². The molecule has 2 nitrogen and oxygen atoms in total. The normalized spacial score (nSPS) is 12.5. The molecule has 1 aromatic heterocycles. The zero-order valence-corrected chi connectivity index (χ0v) is 12.9. The van der Waals surface area contributed by atoms with Crippen molar-refractivity contribution >= 4 is 34.8 Å². The highest BCUT2D eigenvalue weighted by atomic mass is 35.5. The summed E-state index contributed by atoms with van der Waals surface area (Å²) in [6.45, 7) is 4.11. The molecule has 1 heterocycles. The molecule has 1 unspecified atom stereocenters. The first-order valence-electron chi connectivity index (χ1n) is 6.02. The molecule has 0 spiro atoms. The largest absolute Gasteiger partial charge is 0.220 e. The van der Waals surface area contributed by atoms with Gasteiger partial charge in [0.1, 0.15) is 16.1 Å². The van der Waals surface area contributed by atoms with Crippen molar-refractivity contribution in [2.75, 3.05) is 0 Å². The highest BCUT2D eigenvalue weighted by Gasteiger charge is 2.17. The number of aromatic nitrogens is 2. The smallest absolute Gasteiger partial charge is 0.142 e. The molecule has 100 valence electrons. The topological polar surface area (TPSA) is 25.8 Å². The maximum Gasteiger partial charge on any atom is 0.142 e. The molecule has 19 heavy (non-hydrogen) atoms. The van der Waals surface area contributed by atoms with Gasteiger partial charge in [0, 0.05) is 16.5 Å². The Balaban J connectivity index is 2.58. The summed E-state index contributed by atoms with van der Waals surface area (Å²) in [6, 6.07) is 7.35. The van der Waals surface area contributed by atoms with Gasteiger partial charge in [0.2, 0.25) is 0 Å². The fraction of sp³-hybridized carbons (Fsp3) is 0.286. The van der Waals surface area contributed by atoms with Crippen LogP contribution in [-0.4, -0.2) is 9.97 Å². The molecule has 0 N–H and O–H groups in total. The van der Waals surface area contributed by atoms with E-state index in [2.05, 4.69) is 16.9 Å². The summed E-state index contributed by atoms with van der Waals surface area (Å²) in [7, 11) is 0. The SMILES string of the molecule is CCC(C)c1nc(Cl)c(-c2ccccc2Cl)c(Cl)n1. The lowest BCUT2D eigenvalue weighted by molar-refractivity contribution is 0.679. The lowest BCUT2D eigenvalue weighted by Crippen LogP contribution is -2.02. The summed E-state index contributed by atoms with van der Waals surface area (Å²) in [5, 5.41) is 1.25. The van der Waals surface area contributed by atoms with Crippen molar-refractivity contribution in [2.24, 2.45) is 0 Å². The Morgan fingerprint density at radius 1 is 1.05 bits per heavy atom. The Labute approximate surface area is 127 Å². The molecule has 0 aliphatic rings. The summed E-state index contributed by atoms with van der Waals surface area (Å²) < 4.78 is 0. The number of benzene rings is 1. The van der Waals surface area contributed by atoms with Gasteiger partial charge in [-0.2, -0.15) is 0 Å². The van der Waals surface area contributed by atoms with E-state index < -0.39 is 0 Å². The van der Waals surface area contributed by atoms with Crippen molar-refractivity contribution in [1.29, 1.82) is 0 Å². The standard InChI is InChI=1S/C14H13Cl3N2/c1-3-8(2)14-18-12(16)11(13(17)19-14)9-6-4-5-7-10(9)15/h4-8H,3H2,1-2H3. The van der Waals surface area contributed by atoms with Crippen molar-refractivity contribution in [3.05, 3.63) is 45.4 Å². The quantitative estimate of drug-likeness (QED) is 0.687. The van der Waals surface area contributed by atoms with E-state index in [0.717, 1.165) is 12.0 Å². The first-order chi connectivity index (χ1) is 9.04. The maximum absolute atomic E-state index is 6.25. The van der Waals surface area contributed by atoms with E-state index in [1.54, 1.807) is 6.07 Å². The average molecular weight is 316 g/mol. The minimum Gasteiger partial charge on any atom is -0.220 e. The van der Waals surface area contributed by atoms with E-state index in [0.29, 0.717) is 26.7 Å². The van der Waals surface area contributed by atoms with Gasteiger partial charge in [0.15, 0.2) is 0 Å². The first kappa shape index (κ1) is 14.6. The molecule has 0 amide bonds. The molecule has 0 aliphatic heterocycles. The lowest BCUT2D eigenvalue weighted by Gasteiger charge is -2.12. The molecule has 0 radical (unpaired) electrons. The second-order valence-electron chi connectivity index (χ2n) is 4.33. The van der Waals surface area contributed by atoms with Gasteiger partial charge < -0.3 is 0 Å². The van der Waals surface area contributed by atoms with Gasteiger partial charge >= 0.3 is 0 Å². The highest BCUT2D eigenvalue weighted by Crippen LogP contribution is 2.37. The molecule has 1 atom stereocenters. The predicted molar refractivity (Wildman–Crippen MR) is 81.2 cm³/mol. The summed E-state index contributed by atoms with van der Waals surface area (Å²) in [5.41, 5.74) is 1.33. The third kappa shape index (κ3) is 3.02. The average Bonchev–Trinajstić information content (AvgIpc) is 2.39. The maximum atomic E-state index is 6.25. The minimum atomic E-state index is 0.218. The minimum absolute atomic E-state index is 0.218. The Morgan fingerprint density at radius 3 is 2.16 bits per heavy atom. The predicted octanol–water partition coefficient (Wildman–Crippen LogP) is 5.62. The van der Waals surface area contributed by atoms with Crippen LogP contribution in [-0.2, 0) is 0 Å². The molecule has 0 fully saturated rings. The molecule has 1 aromatic carbocycles. The van der Waals surface area contributed by atoms with Crippen molar-refractivity contribution in [1.82, 2.24) is 9.97 Å². The zero-order chi connectivity index (χ0) is 14.0. The molecular weight excluding hydrogens is 303 g/mol. The Kier molecular flexibility index (Phi) is 4.67. The highest BCUT2D eigenvalue weighted by molar-refractivity contribution is 6.40. The number of hydrogen-bond donors (Lipinski definition) is 0. The van der Waals surface area contributed by atoms with Gasteiger partial charge in [-0.3, -0.25) is 0 Å². The first-order valence-corrected chi connectivity index (χ1v) is 7.15. The molecule has 2 rings (SSSR count). The van der Waals surface area contributed by atoms with Crippen molar-refractivity contribution < 1.29 is 0 Å². The summed E-state index contributed by atoms with van der Waals surface area (Å²) in [6.07, 6.45) is 0.929. The number of halogens is 3. The molecular formula is C14H13Cl3N2. The van der Waals surface area contributed by atoms with Crippen molar-refractivity contribution in [2.45, 2.75) is 26.2 Å². The van der Waals surface area contributed by atoms with E-state index in [1.807, 2.05) is 25.1 Å². The second kappa shape index (κ2) is 6.08. The van der Waals surface area contributed by atoms with Crippen LogP contribution in [0, 0.1) is 0 Å². The number of nitrogens with zero attached hydrogens (tertiary/aromatic N) is 2. The van der Waals surface area contributed by atoms with Gasteiger partial charge in [-0.25, -0.2) is 9.97 Å². The van der Waals surface area contributed by atoms with E-state index in [1.165, 1.54) is 0 Å². The van der Waals surface area contributed by atoms with Crippen LogP contribution in [0.15, 0.2) is 24.3 Å². The van der Waals surface area contributed by atoms with Gasteiger partial charge in [-0.05, 0) is 12.5 Å². The van der Waals surface area contributed by atoms with E-state index in [4.69, 9.17) is 34.8 Å². The summed E-state index contributed by atoms with van der Waals surface area (Å²) >= 11 is 18.7. The van der Waals surface area contributed by atoms with Crippen LogP contribution in [0.2, 0.25) is 15.3 Å². The van der Waals surface area contributed by atoms with Crippen LogP contribution in [0.25, 0.3) is 11.1 Å². The summed E-state index contributed by atoms with van der Waals surface area (Å²) in [4.78, 5) is 8.67. The van der Waals surface area contributed by atoms with Crippen LogP contribution in [0.1, 0.15) is 32.0 Å². The van der Waals surface area contributed by atoms with Crippen LogP contribution >= 0.6 is 34.8 Å². The number of hydrogen-bond acceptors (Lipinski definition) is 2. The van der Waals surface area contributed by atoms with Crippen LogP contribution < -0.4 is 0 Å². The molecule has 0 saturated heterocycles. The van der Waals surface area contributed by atoms with Gasteiger partial charge in [0.05, 0.1) is 5.56 Å². The van der Waals surface area contributed by atoms with E-state index >= 15 is 0 Å². The van der Waals surface area contributed by atoms with E-state index in [-0.39, 0.29) is 5.92 Å². The third-order valence-electron chi connectivity index (χ3n) is 3.03. The zero-order valence-electron chi connectivity index (χ0n) is 10.6. The molecule has 0 saturated carbocycles. The molecule has 0 aliphatic carbocycles. The van der Waals surface area contributed by atoms with Gasteiger partial charge in [0.25, 0.3) is 0 Å². The third-order valence-corrected chi connectivity index (χ3v) is 3.91. The molecule has 2 aromatic rings. The van der Waals surface area contributed by atoms with Crippen LogP contribution in [0.3, 0.4) is 0 Å². The lowest BCUT2D eigenvalue weighted by atomic mass is 10.1. The number of rotatable bonds is 3. The second-order valence-corrected chi connectivity index (χ2v) is 5.45. The Bertz CT molecular complexity index is 576.